The number of H-pyrrole nitrogens is 1. The maximum absolute atomic E-state index is 13.4. The first-order valence-electron chi connectivity index (χ1n) is 5.32. The van der Waals surface area contributed by atoms with E-state index in [1.165, 1.54) is 12.1 Å². The molecule has 0 saturated heterocycles. The third kappa shape index (κ3) is 1.87. The first-order valence-corrected chi connectivity index (χ1v) is 6.81. The van der Waals surface area contributed by atoms with Crippen molar-refractivity contribution in [2.75, 3.05) is 0 Å². The van der Waals surface area contributed by atoms with Gasteiger partial charge in [-0.15, -0.1) is 0 Å². The summed E-state index contributed by atoms with van der Waals surface area (Å²) in [6.07, 6.45) is 0. The van der Waals surface area contributed by atoms with E-state index in [-0.39, 0.29) is 5.82 Å². The molecule has 1 heterocycles. The van der Waals surface area contributed by atoms with Gasteiger partial charge in [0.2, 0.25) is 0 Å². The highest BCUT2D eigenvalue weighted by molar-refractivity contribution is 14.1. The third-order valence-electron chi connectivity index (χ3n) is 2.74. The lowest BCUT2D eigenvalue weighted by molar-refractivity contribution is 0.629. The Morgan fingerprint density at radius 1 is 1.17 bits per heavy atom. The van der Waals surface area contributed by atoms with Crippen LogP contribution in [-0.2, 0) is 0 Å². The molecule has 1 N–H and O–H groups in total. The molecule has 0 bridgehead atoms. The molecular weight excluding hydrogens is 362 g/mol. The Bertz CT molecular complexity index is 791. The molecule has 3 aromatic rings. The second-order valence-electron chi connectivity index (χ2n) is 3.88. The van der Waals surface area contributed by atoms with Crippen molar-refractivity contribution >= 4 is 45.8 Å². The summed E-state index contributed by atoms with van der Waals surface area (Å²) < 4.78 is 16.9. The van der Waals surface area contributed by atoms with Crippen molar-refractivity contribution in [3.8, 4) is 5.69 Å². The molecule has 90 valence electrons. The fourth-order valence-electron chi connectivity index (χ4n) is 1.95. The Labute approximate surface area is 122 Å². The van der Waals surface area contributed by atoms with Gasteiger partial charge in [-0.25, -0.2) is 4.39 Å². The second-order valence-corrected chi connectivity index (χ2v) is 5.43. The van der Waals surface area contributed by atoms with E-state index in [0.29, 0.717) is 4.77 Å². The van der Waals surface area contributed by atoms with Gasteiger partial charge in [-0.2, -0.15) is 0 Å². The second kappa shape index (κ2) is 4.47. The van der Waals surface area contributed by atoms with Crippen LogP contribution < -0.4 is 0 Å². The Morgan fingerprint density at radius 2 is 1.94 bits per heavy atom. The van der Waals surface area contributed by atoms with E-state index in [0.717, 1.165) is 20.3 Å². The molecule has 5 heteroatoms. The van der Waals surface area contributed by atoms with Crippen LogP contribution in [0.15, 0.2) is 42.5 Å². The van der Waals surface area contributed by atoms with Crippen LogP contribution in [-0.4, -0.2) is 9.55 Å². The Balaban J connectivity index is 2.42. The minimum absolute atomic E-state index is 0.267. The molecule has 0 radical (unpaired) electrons. The first-order chi connectivity index (χ1) is 8.66. The van der Waals surface area contributed by atoms with Gasteiger partial charge >= 0.3 is 0 Å². The van der Waals surface area contributed by atoms with Gasteiger partial charge in [0.05, 0.1) is 16.7 Å². The van der Waals surface area contributed by atoms with E-state index in [1.54, 1.807) is 6.07 Å². The minimum atomic E-state index is -0.267. The van der Waals surface area contributed by atoms with Crippen molar-refractivity contribution in [2.45, 2.75) is 0 Å². The predicted octanol–water partition coefficient (Wildman–Crippen LogP) is 4.43. The molecular formula is C13H8FIN2S. The standard InChI is InChI=1S/C13H8FIN2S/c14-8-5-6-10-12(7-8)17(13(18)16-10)11-4-2-1-3-9(11)15/h1-7H,(H,16,18). The van der Waals surface area contributed by atoms with E-state index >= 15 is 0 Å². The van der Waals surface area contributed by atoms with Crippen molar-refractivity contribution in [3.63, 3.8) is 0 Å². The van der Waals surface area contributed by atoms with Gasteiger partial charge in [0.1, 0.15) is 5.82 Å². The van der Waals surface area contributed by atoms with E-state index in [9.17, 15) is 4.39 Å². The highest BCUT2D eigenvalue weighted by atomic mass is 127. The molecule has 0 aliphatic rings. The van der Waals surface area contributed by atoms with Gasteiger partial charge < -0.3 is 4.98 Å². The summed E-state index contributed by atoms with van der Waals surface area (Å²) in [5.41, 5.74) is 2.55. The summed E-state index contributed by atoms with van der Waals surface area (Å²) in [7, 11) is 0. The maximum atomic E-state index is 13.4. The van der Waals surface area contributed by atoms with E-state index in [4.69, 9.17) is 12.2 Å². The number of hydrogen-bond acceptors (Lipinski definition) is 1. The SMILES string of the molecule is Fc1ccc2[nH]c(=S)n(-c3ccccc3I)c2c1. The van der Waals surface area contributed by atoms with Crippen molar-refractivity contribution < 1.29 is 4.39 Å². The lowest BCUT2D eigenvalue weighted by Gasteiger charge is -2.06. The van der Waals surface area contributed by atoms with Crippen LogP contribution in [0.4, 0.5) is 4.39 Å². The van der Waals surface area contributed by atoms with Crippen LogP contribution in [0.25, 0.3) is 16.7 Å². The van der Waals surface area contributed by atoms with Crippen LogP contribution in [0.1, 0.15) is 0 Å². The first kappa shape index (κ1) is 11.9. The highest BCUT2D eigenvalue weighted by Gasteiger charge is 2.09. The van der Waals surface area contributed by atoms with Gasteiger partial charge in [0.25, 0.3) is 0 Å². The Kier molecular flexibility index (Phi) is 2.95. The number of aromatic amines is 1. The number of hydrogen-bond donors (Lipinski definition) is 1. The molecule has 0 saturated carbocycles. The lowest BCUT2D eigenvalue weighted by atomic mass is 10.3. The van der Waals surface area contributed by atoms with Crippen LogP contribution in [0.3, 0.4) is 0 Å². The zero-order chi connectivity index (χ0) is 12.7. The molecule has 0 unspecified atom stereocenters. The number of halogens is 2. The molecule has 0 fully saturated rings. The zero-order valence-corrected chi connectivity index (χ0v) is 12.1. The number of fused-ring (bicyclic) bond motifs is 1. The third-order valence-corrected chi connectivity index (χ3v) is 3.94. The average Bonchev–Trinajstić information content (AvgIpc) is 2.66. The Hall–Kier alpha value is -1.21. The van der Waals surface area contributed by atoms with E-state index < -0.39 is 0 Å². The van der Waals surface area contributed by atoms with Gasteiger partial charge in [-0.1, -0.05) is 12.1 Å². The average molecular weight is 370 g/mol. The van der Waals surface area contributed by atoms with Crippen LogP contribution in [0, 0.1) is 14.2 Å². The highest BCUT2D eigenvalue weighted by Crippen LogP contribution is 2.23. The fourth-order valence-corrected chi connectivity index (χ4v) is 2.88. The smallest absolute Gasteiger partial charge is 0.182 e. The summed E-state index contributed by atoms with van der Waals surface area (Å²) >= 11 is 7.56. The van der Waals surface area contributed by atoms with Gasteiger partial charge in [0, 0.05) is 9.64 Å². The molecule has 0 aliphatic heterocycles. The summed E-state index contributed by atoms with van der Waals surface area (Å²) in [5, 5.41) is 0. The number of nitrogens with one attached hydrogen (secondary N) is 1. The van der Waals surface area contributed by atoms with Crippen LogP contribution in [0.2, 0.25) is 0 Å². The molecule has 2 aromatic carbocycles. The number of rotatable bonds is 1. The molecule has 1 aromatic heterocycles. The van der Waals surface area contributed by atoms with Gasteiger partial charge in [0.15, 0.2) is 4.77 Å². The topological polar surface area (TPSA) is 20.7 Å². The lowest BCUT2D eigenvalue weighted by Crippen LogP contribution is -1.96. The Morgan fingerprint density at radius 3 is 2.72 bits per heavy atom. The fraction of sp³-hybridized carbons (Fsp3) is 0. The molecule has 0 atom stereocenters. The number of imidazole rings is 1. The van der Waals surface area contributed by atoms with Gasteiger partial charge in [-0.3, -0.25) is 4.57 Å². The van der Waals surface area contributed by atoms with Crippen molar-refractivity contribution in [1.82, 2.24) is 9.55 Å². The van der Waals surface area contributed by atoms with Crippen LogP contribution >= 0.6 is 34.8 Å². The monoisotopic (exact) mass is 370 g/mol. The van der Waals surface area contributed by atoms with Crippen molar-refractivity contribution in [2.24, 2.45) is 0 Å². The van der Waals surface area contributed by atoms with E-state index in [2.05, 4.69) is 27.6 Å². The zero-order valence-electron chi connectivity index (χ0n) is 9.15. The van der Waals surface area contributed by atoms with E-state index in [1.807, 2.05) is 28.8 Å². The summed E-state index contributed by atoms with van der Waals surface area (Å²) in [5.74, 6) is -0.267. The number of benzene rings is 2. The van der Waals surface area contributed by atoms with Crippen molar-refractivity contribution in [3.05, 3.63) is 56.6 Å². The largest absolute Gasteiger partial charge is 0.330 e. The minimum Gasteiger partial charge on any atom is -0.330 e. The molecule has 0 aliphatic carbocycles. The predicted molar refractivity (Wildman–Crippen MR) is 81.1 cm³/mol. The molecule has 18 heavy (non-hydrogen) atoms. The van der Waals surface area contributed by atoms with Gasteiger partial charge in [-0.05, 0) is 59.1 Å². The van der Waals surface area contributed by atoms with Crippen LogP contribution in [0.5, 0.6) is 0 Å². The quantitative estimate of drug-likeness (QED) is 0.497. The maximum Gasteiger partial charge on any atom is 0.182 e. The number of nitrogens with zero attached hydrogens (tertiary/aromatic N) is 1. The summed E-state index contributed by atoms with van der Waals surface area (Å²) in [4.78, 5) is 3.09. The normalized spacial score (nSPS) is 11.0. The molecule has 3 rings (SSSR count). The molecule has 0 amide bonds. The number of para-hydroxylation sites is 1. The molecule has 2 nitrogen and oxygen atoms in total. The molecule has 0 spiro atoms. The van der Waals surface area contributed by atoms with Crippen molar-refractivity contribution in [1.29, 1.82) is 0 Å². The number of aromatic nitrogens is 2. The summed E-state index contributed by atoms with van der Waals surface area (Å²) in [6, 6.07) is 12.5. The summed E-state index contributed by atoms with van der Waals surface area (Å²) in [6.45, 7) is 0.